The van der Waals surface area contributed by atoms with Gasteiger partial charge in [-0.15, -0.1) is 34.0 Å². The molecule has 2 saturated heterocycles. The first kappa shape index (κ1) is 68.4. The molecule has 13 nitrogen and oxygen atoms in total. The van der Waals surface area contributed by atoms with E-state index in [1.165, 1.54) is 34.0 Å². The third-order valence-corrected chi connectivity index (χ3v) is 18.3. The molecule has 4 amide bonds. The third kappa shape index (κ3) is 18.3. The molecule has 0 unspecified atom stereocenters. The van der Waals surface area contributed by atoms with E-state index in [4.69, 9.17) is 73.3 Å². The highest BCUT2D eigenvalue weighted by atomic mass is 32.2. The van der Waals surface area contributed by atoms with Gasteiger partial charge in [-0.3, -0.25) is 47.3 Å². The molecule has 440 valence electrons. The molecule has 0 N–H and O–H groups in total. The maximum Gasteiger partial charge on any atom is 0.266 e. The predicted octanol–water partition coefficient (Wildman–Crippen LogP) is 17.2. The predicted molar refractivity (Wildman–Crippen MR) is 360 cm³/mol. The number of rotatable bonds is 12. The summed E-state index contributed by atoms with van der Waals surface area (Å²) < 4.78 is 10.1. The summed E-state index contributed by atoms with van der Waals surface area (Å²) in [5.74, 6) is 0.148. The van der Waals surface area contributed by atoms with Crippen molar-refractivity contribution in [2.45, 2.75) is 144 Å². The van der Waals surface area contributed by atoms with Crippen molar-refractivity contribution in [3.05, 3.63) is 120 Å². The first-order valence-corrected chi connectivity index (χ1v) is 32.9. The maximum absolute atomic E-state index is 12.0. The lowest BCUT2D eigenvalue weighted by molar-refractivity contribution is -0.127. The Morgan fingerprint density at radius 2 is 0.771 bits per heavy atom. The van der Waals surface area contributed by atoms with Crippen LogP contribution in [0.1, 0.15) is 175 Å². The van der Waals surface area contributed by atoms with Gasteiger partial charge in [0.15, 0.2) is 11.9 Å². The number of carbonyl (C=O) groups excluding carboxylic acids is 7. The summed E-state index contributed by atoms with van der Waals surface area (Å²) in [5, 5.41) is 0. The van der Waals surface area contributed by atoms with E-state index >= 15 is 0 Å². The van der Waals surface area contributed by atoms with Crippen LogP contribution in [0.15, 0.2) is 97.1 Å². The number of thiocarbonyl (C=S) groups is 3. The van der Waals surface area contributed by atoms with Crippen molar-refractivity contribution >= 4 is 194 Å². The first-order valence-electron chi connectivity index (χ1n) is 28.0. The molecule has 0 radical (unpaired) electrons. The molecule has 0 aliphatic carbocycles. The second-order valence-electron chi connectivity index (χ2n) is 19.1. The summed E-state index contributed by atoms with van der Waals surface area (Å²) in [6.07, 6.45) is 12.9. The highest BCUT2D eigenvalue weighted by Crippen LogP contribution is 2.27. The number of nitrogens with zero attached hydrogens (tertiary/aromatic N) is 6. The average molecular weight is 1290 g/mol. The van der Waals surface area contributed by atoms with E-state index in [1.807, 2.05) is 93.6 Å². The molecule has 22 heteroatoms. The Balaban J connectivity index is 0.000000183. The molecule has 2 fully saturated rings. The molecule has 0 spiro atoms. The highest BCUT2D eigenvalue weighted by molar-refractivity contribution is 7.81. The fraction of sp³-hybridized carbons (Fsp3) is 0.393. The average Bonchev–Trinajstić information content (AvgIpc) is 4.52. The van der Waals surface area contributed by atoms with Crippen molar-refractivity contribution in [3.8, 4) is 0 Å². The largest absolute Gasteiger partial charge is 0.307 e. The van der Waals surface area contributed by atoms with Crippen LogP contribution < -0.4 is 0 Å². The summed E-state index contributed by atoms with van der Waals surface area (Å²) in [7, 11) is 0. The Morgan fingerprint density at radius 1 is 0.422 bits per heavy atom. The summed E-state index contributed by atoms with van der Waals surface area (Å²) >= 11 is 35.3. The van der Waals surface area contributed by atoms with Gasteiger partial charge in [0.1, 0.15) is 4.99 Å². The molecule has 83 heavy (non-hydrogen) atoms. The van der Waals surface area contributed by atoms with E-state index in [-0.39, 0.29) is 47.8 Å². The van der Waals surface area contributed by atoms with Gasteiger partial charge in [0, 0.05) is 70.0 Å². The minimum atomic E-state index is -0.303. The number of likely N-dealkylation sites (tertiary alicyclic amines) is 2. The SMILES string of the molecule is CCC(=O)N1C(=O)c2ccccc2C1=S.CCC(=O)n1c(=S)sc2ccccc21.CCCC(=O)N1CCCC1=S.CCCC(=O)n1c(=S)sc2ccccc21.CCCCC(=O)N1CCCC1=S.CCCCC(=O)n1c(=S)sc2ccccc21. The van der Waals surface area contributed by atoms with Gasteiger partial charge in [-0.05, 0) is 118 Å². The standard InChI is InChI=1S/C12H13NOS2.C11H9NO2S.C11H11NOS2.C10H9NOS2.C9H15NOS.C8H13NOS/c1-2-3-8-11(14)13-9-6-4-5-7-10(9)16-12(13)15;1-2-9(13)12-10(14)7-5-3-4-6-8(7)11(12)15;1-2-5-10(13)12-8-6-3-4-7-9(8)15-11(12)14;1-2-9(12)11-7-5-3-4-6-8(7)14-10(11)13;1-2-3-5-8(11)10-7-4-6-9(10)12;1-2-4-7(10)9-6-3-5-8(9)11/h4-7H,2-3,8H2,1H3;3-6H,2H2,1H3;3-4,6-7H,2,5H2,1H3;3-6H,2H2,1H3;2-7H2,1H3;2-6H2,1H3. The number of thiazole rings is 3. The number of amides is 4. The number of para-hydroxylation sites is 3. The molecule has 10 rings (SSSR count). The normalized spacial score (nSPS) is 13.2. The van der Waals surface area contributed by atoms with Crippen LogP contribution in [0.3, 0.4) is 0 Å². The van der Waals surface area contributed by atoms with Crippen molar-refractivity contribution in [2.75, 3.05) is 13.1 Å². The molecule has 7 aromatic rings. The molecule has 3 aromatic heterocycles. The molecular weight excluding hydrogens is 1220 g/mol. The lowest BCUT2D eigenvalue weighted by Gasteiger charge is -2.14. The van der Waals surface area contributed by atoms with Crippen LogP contribution in [-0.4, -0.2) is 97.8 Å². The van der Waals surface area contributed by atoms with Gasteiger partial charge >= 0.3 is 0 Å². The lowest BCUT2D eigenvalue weighted by atomic mass is 10.1. The first-order chi connectivity index (χ1) is 39.9. The number of fused-ring (bicyclic) bond motifs is 4. The van der Waals surface area contributed by atoms with Crippen molar-refractivity contribution < 1.29 is 33.6 Å². The Kier molecular flexibility index (Phi) is 28.4. The van der Waals surface area contributed by atoms with Gasteiger partial charge in [-0.25, -0.2) is 4.90 Å². The molecule has 3 aliphatic heterocycles. The maximum atomic E-state index is 12.0. The fourth-order valence-corrected chi connectivity index (χ4v) is 13.9. The summed E-state index contributed by atoms with van der Waals surface area (Å²) in [4.78, 5) is 88.2. The second kappa shape index (κ2) is 34.5. The number of unbranched alkanes of at least 4 members (excludes halogenated alkanes) is 2. The molecule has 0 bridgehead atoms. The van der Waals surface area contributed by atoms with Gasteiger partial charge in [0.05, 0.1) is 46.2 Å². The molecule has 3 aliphatic rings. The monoisotopic (exact) mass is 1290 g/mol. The number of carbonyl (C=O) groups is 7. The van der Waals surface area contributed by atoms with E-state index < -0.39 is 0 Å². The minimum absolute atomic E-state index is 0.0625. The topological polar surface area (TPSA) is 144 Å². The lowest BCUT2D eigenvalue weighted by Crippen LogP contribution is -2.34. The van der Waals surface area contributed by atoms with Gasteiger partial charge in [-0.1, -0.05) is 146 Å². The van der Waals surface area contributed by atoms with Gasteiger partial charge in [0.2, 0.25) is 35.4 Å². The Bertz CT molecular complexity index is 3650. The highest BCUT2D eigenvalue weighted by Gasteiger charge is 2.35. The van der Waals surface area contributed by atoms with Crippen LogP contribution >= 0.6 is 107 Å². The molecular formula is C61H70N6O7S9. The minimum Gasteiger partial charge on any atom is -0.307 e. The van der Waals surface area contributed by atoms with Crippen LogP contribution in [0.4, 0.5) is 0 Å². The van der Waals surface area contributed by atoms with Gasteiger partial charge in [0.25, 0.3) is 5.91 Å². The molecule has 0 atom stereocenters. The Hall–Kier alpha value is -5.43. The van der Waals surface area contributed by atoms with Crippen molar-refractivity contribution in [1.82, 2.24) is 28.4 Å². The number of hydrogen-bond acceptors (Lipinski definition) is 16. The van der Waals surface area contributed by atoms with Crippen molar-refractivity contribution in [3.63, 3.8) is 0 Å². The third-order valence-electron chi connectivity index (χ3n) is 13.0. The van der Waals surface area contributed by atoms with Crippen molar-refractivity contribution in [2.24, 2.45) is 0 Å². The Labute approximate surface area is 529 Å². The molecule has 0 saturated carbocycles. The van der Waals surface area contributed by atoms with E-state index in [1.54, 1.807) is 54.7 Å². The summed E-state index contributed by atoms with van der Waals surface area (Å²) in [6.45, 7) is 13.4. The Morgan fingerprint density at radius 3 is 1.14 bits per heavy atom. The van der Waals surface area contributed by atoms with Crippen LogP contribution in [-0.2, 0) is 14.4 Å². The summed E-state index contributed by atoms with van der Waals surface area (Å²) in [5.41, 5.74) is 4.00. The number of aromatic nitrogens is 3. The van der Waals surface area contributed by atoms with Gasteiger partial charge in [-0.2, -0.15) is 0 Å². The molecule has 6 heterocycles. The van der Waals surface area contributed by atoms with Crippen LogP contribution in [0.25, 0.3) is 30.6 Å². The van der Waals surface area contributed by atoms with Gasteiger partial charge < -0.3 is 9.80 Å². The zero-order valence-corrected chi connectivity index (χ0v) is 55.0. The fourth-order valence-electron chi connectivity index (χ4n) is 8.74. The van der Waals surface area contributed by atoms with Crippen molar-refractivity contribution in [1.29, 1.82) is 0 Å². The number of hydrogen-bond donors (Lipinski definition) is 0. The van der Waals surface area contributed by atoms with Crippen LogP contribution in [0.2, 0.25) is 0 Å². The second-order valence-corrected chi connectivity index (χ2v) is 25.4. The van der Waals surface area contributed by atoms with E-state index in [2.05, 4.69) is 13.8 Å². The smallest absolute Gasteiger partial charge is 0.266 e. The number of imide groups is 1. The molecule has 4 aromatic carbocycles. The van der Waals surface area contributed by atoms with E-state index in [9.17, 15) is 33.6 Å². The number of benzene rings is 4. The van der Waals surface area contributed by atoms with Crippen LogP contribution in [0, 0.1) is 11.9 Å². The quantitative estimate of drug-likeness (QED) is 0.107. The van der Waals surface area contributed by atoms with E-state index in [0.29, 0.717) is 60.1 Å². The zero-order valence-electron chi connectivity index (χ0n) is 47.7. The van der Waals surface area contributed by atoms with Crippen LogP contribution in [0.5, 0.6) is 0 Å². The summed E-state index contributed by atoms with van der Waals surface area (Å²) in [6, 6.07) is 30.5. The van der Waals surface area contributed by atoms with E-state index in [0.717, 1.165) is 123 Å². The zero-order chi connectivity index (χ0) is 60.8.